The maximum atomic E-state index is 12.1. The van der Waals surface area contributed by atoms with Crippen molar-refractivity contribution in [3.63, 3.8) is 0 Å². The molecule has 1 amide bonds. The van der Waals surface area contributed by atoms with Gasteiger partial charge in [0.05, 0.1) is 0 Å². The maximum absolute atomic E-state index is 12.1. The topological polar surface area (TPSA) is 36.4 Å². The number of amides is 1. The molecule has 0 atom stereocenters. The van der Waals surface area contributed by atoms with E-state index in [1.807, 2.05) is 41.6 Å². The Morgan fingerprint density at radius 2 is 1.76 bits per heavy atom. The summed E-state index contributed by atoms with van der Waals surface area (Å²) in [6.45, 7) is 3.60. The van der Waals surface area contributed by atoms with E-state index in [0.29, 0.717) is 0 Å². The Balaban J connectivity index is 1.51. The number of anilines is 1. The molecule has 0 saturated carbocycles. The van der Waals surface area contributed by atoms with Crippen molar-refractivity contribution in [2.24, 2.45) is 0 Å². The lowest BCUT2D eigenvalue weighted by Crippen LogP contribution is -2.41. The van der Waals surface area contributed by atoms with Crippen LogP contribution in [0.4, 0.5) is 5.69 Å². The van der Waals surface area contributed by atoms with Gasteiger partial charge in [0.2, 0.25) is 0 Å². The predicted molar refractivity (Wildman–Crippen MR) is 81.1 cm³/mol. The molecule has 1 aromatic carbocycles. The summed E-state index contributed by atoms with van der Waals surface area (Å²) in [7, 11) is 0. The first kappa shape index (κ1) is 12.4. The summed E-state index contributed by atoms with van der Waals surface area (Å²) >= 11 is 0. The third kappa shape index (κ3) is 2.17. The Morgan fingerprint density at radius 3 is 2.43 bits per heavy atom. The first-order valence-corrected chi connectivity index (χ1v) is 7.37. The fraction of sp³-hybridized carbons (Fsp3) is 0.294. The van der Waals surface area contributed by atoms with Crippen molar-refractivity contribution in [2.45, 2.75) is 19.5 Å². The van der Waals surface area contributed by atoms with Crippen molar-refractivity contribution >= 4 is 11.6 Å². The molecule has 0 radical (unpaired) electrons. The summed E-state index contributed by atoms with van der Waals surface area (Å²) in [4.78, 5) is 20.5. The molecule has 0 bridgehead atoms. The number of likely N-dealkylation sites (tertiary alicyclic amines) is 1. The number of rotatable bonds is 2. The number of carbonyl (C=O) groups excluding carboxylic acids is 1. The number of pyridine rings is 1. The third-order valence-corrected chi connectivity index (χ3v) is 4.35. The SMILES string of the molecule is O=C(c1ccc(N2Cc3ccncc3C2)cc1)N1CCC1. The average Bonchev–Trinajstić information content (AvgIpc) is 2.89. The molecule has 0 unspecified atom stereocenters. The normalized spacial score (nSPS) is 16.6. The predicted octanol–water partition coefficient (Wildman–Crippen LogP) is 2.45. The molecule has 1 aromatic heterocycles. The highest BCUT2D eigenvalue weighted by Crippen LogP contribution is 2.28. The van der Waals surface area contributed by atoms with Crippen LogP contribution in [0.15, 0.2) is 42.7 Å². The van der Waals surface area contributed by atoms with Gasteiger partial charge in [0.1, 0.15) is 0 Å². The lowest BCUT2D eigenvalue weighted by atomic mass is 10.1. The second-order valence-electron chi connectivity index (χ2n) is 5.69. The van der Waals surface area contributed by atoms with Gasteiger partial charge in [-0.15, -0.1) is 0 Å². The highest BCUT2D eigenvalue weighted by molar-refractivity contribution is 5.95. The van der Waals surface area contributed by atoms with E-state index < -0.39 is 0 Å². The van der Waals surface area contributed by atoms with Crippen molar-refractivity contribution < 1.29 is 4.79 Å². The van der Waals surface area contributed by atoms with Gasteiger partial charge < -0.3 is 9.80 Å². The minimum atomic E-state index is 0.154. The molecular formula is C17H17N3O. The average molecular weight is 279 g/mol. The largest absolute Gasteiger partial charge is 0.363 e. The number of fused-ring (bicyclic) bond motifs is 1. The van der Waals surface area contributed by atoms with E-state index in [-0.39, 0.29) is 5.91 Å². The van der Waals surface area contributed by atoms with Crippen LogP contribution in [-0.2, 0) is 13.1 Å². The number of carbonyl (C=O) groups is 1. The van der Waals surface area contributed by atoms with E-state index in [1.54, 1.807) is 0 Å². The summed E-state index contributed by atoms with van der Waals surface area (Å²) in [5.41, 5.74) is 4.58. The molecule has 3 heterocycles. The highest BCUT2D eigenvalue weighted by atomic mass is 16.2. The second-order valence-corrected chi connectivity index (χ2v) is 5.69. The van der Waals surface area contributed by atoms with Gasteiger partial charge in [-0.2, -0.15) is 0 Å². The molecule has 1 fully saturated rings. The summed E-state index contributed by atoms with van der Waals surface area (Å²) in [5, 5.41) is 0. The number of benzene rings is 1. The van der Waals surface area contributed by atoms with E-state index in [9.17, 15) is 4.79 Å². The first-order chi connectivity index (χ1) is 10.3. The molecule has 4 rings (SSSR count). The van der Waals surface area contributed by atoms with Crippen molar-refractivity contribution in [1.29, 1.82) is 0 Å². The van der Waals surface area contributed by atoms with Crippen LogP contribution in [0.25, 0.3) is 0 Å². The zero-order valence-corrected chi connectivity index (χ0v) is 11.8. The van der Waals surface area contributed by atoms with Gasteiger partial charge in [0, 0.05) is 49.8 Å². The van der Waals surface area contributed by atoms with Crippen molar-refractivity contribution in [3.05, 3.63) is 59.4 Å². The molecule has 2 aliphatic rings. The maximum Gasteiger partial charge on any atom is 0.253 e. The van der Waals surface area contributed by atoms with Crippen LogP contribution in [0.3, 0.4) is 0 Å². The fourth-order valence-corrected chi connectivity index (χ4v) is 2.92. The van der Waals surface area contributed by atoms with Crippen LogP contribution in [0.1, 0.15) is 27.9 Å². The summed E-state index contributed by atoms with van der Waals surface area (Å²) in [6.07, 6.45) is 4.91. The Labute approximate surface area is 124 Å². The van der Waals surface area contributed by atoms with Crippen LogP contribution in [-0.4, -0.2) is 28.9 Å². The second kappa shape index (κ2) is 4.88. The molecular weight excluding hydrogens is 262 g/mol. The number of nitrogens with zero attached hydrogens (tertiary/aromatic N) is 3. The standard InChI is InChI=1S/C17H17N3O/c21-17(19-8-1-9-19)13-2-4-16(5-3-13)20-11-14-6-7-18-10-15(14)12-20/h2-7,10H,1,8-9,11-12H2. The molecule has 4 nitrogen and oxygen atoms in total. The molecule has 106 valence electrons. The smallest absolute Gasteiger partial charge is 0.253 e. The Kier molecular flexibility index (Phi) is 2.88. The number of aromatic nitrogens is 1. The third-order valence-electron chi connectivity index (χ3n) is 4.35. The van der Waals surface area contributed by atoms with E-state index in [4.69, 9.17) is 0 Å². The summed E-state index contributed by atoms with van der Waals surface area (Å²) in [5.74, 6) is 0.154. The van der Waals surface area contributed by atoms with Gasteiger partial charge in [-0.3, -0.25) is 9.78 Å². The first-order valence-electron chi connectivity index (χ1n) is 7.37. The van der Waals surface area contributed by atoms with E-state index in [2.05, 4.69) is 16.0 Å². The minimum absolute atomic E-state index is 0.154. The number of hydrogen-bond acceptors (Lipinski definition) is 3. The molecule has 2 aromatic rings. The van der Waals surface area contributed by atoms with Crippen LogP contribution >= 0.6 is 0 Å². The Bertz CT molecular complexity index is 652. The van der Waals surface area contributed by atoms with E-state index in [1.165, 1.54) is 11.1 Å². The Hall–Kier alpha value is -2.36. The molecule has 0 spiro atoms. The van der Waals surface area contributed by atoms with Gasteiger partial charge >= 0.3 is 0 Å². The Morgan fingerprint density at radius 1 is 1.00 bits per heavy atom. The van der Waals surface area contributed by atoms with Crippen LogP contribution in [0.5, 0.6) is 0 Å². The zero-order valence-electron chi connectivity index (χ0n) is 11.8. The monoisotopic (exact) mass is 279 g/mol. The molecule has 0 aliphatic carbocycles. The summed E-state index contributed by atoms with van der Waals surface area (Å²) in [6, 6.07) is 10.1. The quantitative estimate of drug-likeness (QED) is 0.847. The zero-order chi connectivity index (χ0) is 14.2. The van der Waals surface area contributed by atoms with Gasteiger partial charge in [-0.1, -0.05) is 0 Å². The molecule has 0 N–H and O–H groups in total. The molecule has 21 heavy (non-hydrogen) atoms. The fourth-order valence-electron chi connectivity index (χ4n) is 2.92. The summed E-state index contributed by atoms with van der Waals surface area (Å²) < 4.78 is 0. The van der Waals surface area contributed by atoms with Crippen molar-refractivity contribution in [2.75, 3.05) is 18.0 Å². The van der Waals surface area contributed by atoms with E-state index in [0.717, 1.165) is 43.9 Å². The van der Waals surface area contributed by atoms with Gasteiger partial charge in [-0.25, -0.2) is 0 Å². The molecule has 2 aliphatic heterocycles. The van der Waals surface area contributed by atoms with Crippen LogP contribution in [0.2, 0.25) is 0 Å². The van der Waals surface area contributed by atoms with Crippen molar-refractivity contribution in [1.82, 2.24) is 9.88 Å². The molecule has 4 heteroatoms. The van der Waals surface area contributed by atoms with Crippen LogP contribution in [0, 0.1) is 0 Å². The van der Waals surface area contributed by atoms with Gasteiger partial charge in [0.25, 0.3) is 5.91 Å². The lowest BCUT2D eigenvalue weighted by Gasteiger charge is -2.31. The molecule has 1 saturated heterocycles. The lowest BCUT2D eigenvalue weighted by molar-refractivity contribution is 0.0652. The minimum Gasteiger partial charge on any atom is -0.363 e. The van der Waals surface area contributed by atoms with E-state index >= 15 is 0 Å². The highest BCUT2D eigenvalue weighted by Gasteiger charge is 2.22. The van der Waals surface area contributed by atoms with Gasteiger partial charge in [0.15, 0.2) is 0 Å². The van der Waals surface area contributed by atoms with Crippen LogP contribution < -0.4 is 4.90 Å². The van der Waals surface area contributed by atoms with Gasteiger partial charge in [-0.05, 0) is 47.9 Å². The number of hydrogen-bond donors (Lipinski definition) is 0. The van der Waals surface area contributed by atoms with Crippen molar-refractivity contribution in [3.8, 4) is 0 Å².